The van der Waals surface area contributed by atoms with Crippen LogP contribution in [0.25, 0.3) is 0 Å². The van der Waals surface area contributed by atoms with E-state index in [0.29, 0.717) is 23.7 Å². The third-order valence-corrected chi connectivity index (χ3v) is 4.58. The molecule has 0 aliphatic carbocycles. The van der Waals surface area contributed by atoms with Crippen LogP contribution in [0.3, 0.4) is 0 Å². The molecule has 2 heterocycles. The van der Waals surface area contributed by atoms with Gasteiger partial charge in [-0.2, -0.15) is 0 Å². The Morgan fingerprint density at radius 2 is 1.96 bits per heavy atom. The van der Waals surface area contributed by atoms with Gasteiger partial charge in [0.05, 0.1) is 5.56 Å². The van der Waals surface area contributed by atoms with Gasteiger partial charge in [-0.3, -0.25) is 9.59 Å². The molecule has 1 saturated heterocycles. The third-order valence-electron chi connectivity index (χ3n) is 4.37. The number of rotatable bonds is 5. The quantitative estimate of drug-likeness (QED) is 0.601. The summed E-state index contributed by atoms with van der Waals surface area (Å²) in [5.41, 5.74) is 6.27. The maximum Gasteiger partial charge on any atom is 0.252 e. The molecule has 1 atom stereocenters. The minimum atomic E-state index is -0.563. The van der Waals surface area contributed by atoms with Crippen molar-refractivity contribution in [2.75, 3.05) is 22.7 Å². The molecule has 0 radical (unpaired) electrons. The Kier molecular flexibility index (Phi) is 5.62. The molecule has 1 aliphatic rings. The zero-order valence-electron chi connectivity index (χ0n) is 14.2. The molecule has 3 rings (SSSR count). The number of hydrogen-bond acceptors (Lipinski definition) is 6. The van der Waals surface area contributed by atoms with Gasteiger partial charge in [0.2, 0.25) is 0 Å². The number of primary amides is 1. The van der Waals surface area contributed by atoms with Gasteiger partial charge < -0.3 is 20.7 Å². The van der Waals surface area contributed by atoms with E-state index in [0.717, 1.165) is 19.4 Å². The maximum absolute atomic E-state index is 12.4. The van der Waals surface area contributed by atoms with Gasteiger partial charge >= 0.3 is 0 Å². The number of benzene rings is 1. The van der Waals surface area contributed by atoms with Crippen molar-refractivity contribution >= 4 is 36.3 Å². The fraction of sp³-hybridized carbons (Fsp3) is 0.278. The topological polar surface area (TPSA) is 100 Å². The Balaban J connectivity index is 1.70. The van der Waals surface area contributed by atoms with Crippen LogP contribution in [0.2, 0.25) is 0 Å². The fourth-order valence-electron chi connectivity index (χ4n) is 3.07. The summed E-state index contributed by atoms with van der Waals surface area (Å²) in [6.07, 6.45) is 1.84. The minimum absolute atomic E-state index is 0.0292. The monoisotopic (exact) mass is 371 g/mol. The molecule has 1 aliphatic heterocycles. The Morgan fingerprint density at radius 1 is 1.19 bits per heavy atom. The van der Waals surface area contributed by atoms with Crippen LogP contribution in [0.1, 0.15) is 33.6 Å². The average Bonchev–Trinajstić information content (AvgIpc) is 2.68. The molecule has 1 aromatic carbocycles. The van der Waals surface area contributed by atoms with E-state index in [-0.39, 0.29) is 17.5 Å². The van der Waals surface area contributed by atoms with Crippen LogP contribution in [-0.2, 0) is 0 Å². The number of nitrogens with two attached hydrogens (primary N) is 1. The van der Waals surface area contributed by atoms with E-state index in [1.165, 1.54) is 0 Å². The fourth-order valence-corrected chi connectivity index (χ4v) is 3.24. The van der Waals surface area contributed by atoms with Gasteiger partial charge in [-0.05, 0) is 37.1 Å². The predicted octanol–water partition coefficient (Wildman–Crippen LogP) is 1.84. The van der Waals surface area contributed by atoms with Gasteiger partial charge in [-0.25, -0.2) is 4.98 Å². The lowest BCUT2D eigenvalue weighted by molar-refractivity contribution is 0.0932. The van der Waals surface area contributed by atoms with Gasteiger partial charge in [-0.15, -0.1) is 0 Å². The largest absolute Gasteiger partial charge is 0.365 e. The van der Waals surface area contributed by atoms with Crippen LogP contribution in [0.15, 0.2) is 42.5 Å². The maximum atomic E-state index is 12.4. The number of nitrogens with one attached hydrogen (secondary N) is 2. The lowest BCUT2D eigenvalue weighted by Gasteiger charge is -2.34. The number of amides is 2. The zero-order valence-corrected chi connectivity index (χ0v) is 15.1. The number of carbonyl (C=O) groups excluding carboxylic acids is 2. The van der Waals surface area contributed by atoms with E-state index >= 15 is 0 Å². The lowest BCUT2D eigenvalue weighted by Crippen LogP contribution is -2.48. The van der Waals surface area contributed by atoms with Gasteiger partial charge in [0, 0.05) is 24.7 Å². The molecule has 2 aromatic rings. The normalized spacial score (nSPS) is 16.8. The molecule has 2 amide bonds. The molecule has 136 valence electrons. The van der Waals surface area contributed by atoms with E-state index in [9.17, 15) is 9.59 Å². The van der Waals surface area contributed by atoms with E-state index in [1.54, 1.807) is 24.3 Å². The van der Waals surface area contributed by atoms with Crippen molar-refractivity contribution in [3.8, 4) is 0 Å². The Hall–Kier alpha value is -2.74. The first-order valence-corrected chi connectivity index (χ1v) is 8.85. The number of piperidine rings is 1. The summed E-state index contributed by atoms with van der Waals surface area (Å²) in [7, 11) is 0. The number of aromatic nitrogens is 1. The zero-order chi connectivity index (χ0) is 18.5. The average molecular weight is 371 g/mol. The Labute approximate surface area is 157 Å². The van der Waals surface area contributed by atoms with Crippen LogP contribution in [-0.4, -0.2) is 35.9 Å². The second-order valence-electron chi connectivity index (χ2n) is 6.17. The summed E-state index contributed by atoms with van der Waals surface area (Å²) >= 11 is 3.99. The van der Waals surface area contributed by atoms with Crippen molar-refractivity contribution in [3.05, 3.63) is 53.6 Å². The van der Waals surface area contributed by atoms with Crippen LogP contribution in [0.5, 0.6) is 0 Å². The first kappa shape index (κ1) is 18.1. The van der Waals surface area contributed by atoms with E-state index in [2.05, 4.69) is 32.7 Å². The molecule has 0 unspecified atom stereocenters. The number of anilines is 2. The standard InChI is InChI=1S/C18H21N5O2S/c19-16(24)14-8-9-15(21-17(14)22-26)23-10-4-7-13(11-23)20-18(25)12-5-2-1-3-6-12/h1-3,5-6,8-9,13,26H,4,7,10-11H2,(H2,19,24)(H,20,25)(H,21,22)/t13-/m1/s1. The van der Waals surface area contributed by atoms with Crippen molar-refractivity contribution in [1.82, 2.24) is 10.3 Å². The van der Waals surface area contributed by atoms with Crippen molar-refractivity contribution in [2.45, 2.75) is 18.9 Å². The highest BCUT2D eigenvalue weighted by atomic mass is 32.1. The van der Waals surface area contributed by atoms with Crippen molar-refractivity contribution in [3.63, 3.8) is 0 Å². The number of pyridine rings is 1. The molecular weight excluding hydrogens is 350 g/mol. The number of thiol groups is 1. The molecule has 7 nitrogen and oxygen atoms in total. The summed E-state index contributed by atoms with van der Waals surface area (Å²) < 4.78 is 2.61. The van der Waals surface area contributed by atoms with Crippen molar-refractivity contribution < 1.29 is 9.59 Å². The Bertz CT molecular complexity index is 799. The van der Waals surface area contributed by atoms with Gasteiger partial charge in [0.15, 0.2) is 5.82 Å². The predicted molar refractivity (Wildman–Crippen MR) is 105 cm³/mol. The molecule has 0 saturated carbocycles. The molecule has 1 fully saturated rings. The molecule has 8 heteroatoms. The highest BCUT2D eigenvalue weighted by Gasteiger charge is 2.23. The summed E-state index contributed by atoms with van der Waals surface area (Å²) in [6.45, 7) is 1.47. The molecule has 4 N–H and O–H groups in total. The Morgan fingerprint density at radius 3 is 2.65 bits per heavy atom. The summed E-state index contributed by atoms with van der Waals surface area (Å²) in [5, 5.41) is 3.08. The van der Waals surface area contributed by atoms with Gasteiger partial charge in [0.1, 0.15) is 5.82 Å². The smallest absolute Gasteiger partial charge is 0.252 e. The summed E-state index contributed by atoms with van der Waals surface area (Å²) in [5.74, 6) is 0.401. The number of nitrogens with zero attached hydrogens (tertiary/aromatic N) is 2. The van der Waals surface area contributed by atoms with E-state index < -0.39 is 5.91 Å². The third kappa shape index (κ3) is 4.08. The second kappa shape index (κ2) is 8.09. The summed E-state index contributed by atoms with van der Waals surface area (Å²) in [4.78, 5) is 30.3. The first-order valence-electron chi connectivity index (χ1n) is 8.40. The molecule has 0 bridgehead atoms. The van der Waals surface area contributed by atoms with Crippen molar-refractivity contribution in [2.24, 2.45) is 5.73 Å². The summed E-state index contributed by atoms with van der Waals surface area (Å²) in [6, 6.07) is 12.6. The van der Waals surface area contributed by atoms with Crippen LogP contribution in [0.4, 0.5) is 11.6 Å². The van der Waals surface area contributed by atoms with Gasteiger partial charge in [0.25, 0.3) is 11.8 Å². The van der Waals surface area contributed by atoms with Gasteiger partial charge in [-0.1, -0.05) is 31.0 Å². The van der Waals surface area contributed by atoms with E-state index in [4.69, 9.17) is 5.73 Å². The van der Waals surface area contributed by atoms with Crippen molar-refractivity contribution in [1.29, 1.82) is 0 Å². The number of carbonyl (C=O) groups is 2. The minimum Gasteiger partial charge on any atom is -0.365 e. The van der Waals surface area contributed by atoms with Crippen LogP contribution >= 0.6 is 12.8 Å². The first-order chi connectivity index (χ1) is 12.6. The lowest BCUT2D eigenvalue weighted by atomic mass is 10.0. The highest BCUT2D eigenvalue weighted by Crippen LogP contribution is 2.23. The second-order valence-corrected chi connectivity index (χ2v) is 6.39. The highest BCUT2D eigenvalue weighted by molar-refractivity contribution is 7.81. The number of hydrogen-bond donors (Lipinski definition) is 4. The van der Waals surface area contributed by atoms with Crippen LogP contribution < -0.4 is 20.7 Å². The molecule has 0 spiro atoms. The van der Waals surface area contributed by atoms with E-state index in [1.807, 2.05) is 18.2 Å². The van der Waals surface area contributed by atoms with Crippen LogP contribution in [0, 0.1) is 0 Å². The SMILES string of the molecule is NC(=O)c1ccc(N2CCC[C@@H](NC(=O)c3ccccc3)C2)nc1NS. The molecule has 1 aromatic heterocycles. The molecule has 26 heavy (non-hydrogen) atoms. The molecular formula is C18H21N5O2S.